The zero-order chi connectivity index (χ0) is 17.9. The van der Waals surface area contributed by atoms with Gasteiger partial charge >= 0.3 is 0 Å². The van der Waals surface area contributed by atoms with Crippen LogP contribution in [0.25, 0.3) is 11.1 Å². The third kappa shape index (κ3) is 4.47. The van der Waals surface area contributed by atoms with E-state index in [9.17, 15) is 4.79 Å². The molecule has 1 heterocycles. The van der Waals surface area contributed by atoms with Gasteiger partial charge in [0.15, 0.2) is 5.79 Å². The molecule has 1 saturated heterocycles. The Morgan fingerprint density at radius 3 is 2.60 bits per heavy atom. The molecule has 0 unspecified atom stereocenters. The fourth-order valence-electron chi connectivity index (χ4n) is 2.87. The lowest BCUT2D eigenvalue weighted by atomic mass is 9.99. The van der Waals surface area contributed by atoms with Crippen molar-refractivity contribution >= 4 is 6.29 Å². The molecule has 0 radical (unpaired) electrons. The first kappa shape index (κ1) is 17.6. The molecular formula is C21H24O4. The highest BCUT2D eigenvalue weighted by Gasteiger charge is 2.28. The van der Waals surface area contributed by atoms with Crippen LogP contribution in [-0.2, 0) is 9.47 Å². The van der Waals surface area contributed by atoms with E-state index >= 15 is 0 Å². The van der Waals surface area contributed by atoms with Gasteiger partial charge in [0.2, 0.25) is 0 Å². The minimum Gasteiger partial charge on any atom is -0.493 e. The van der Waals surface area contributed by atoms with Crippen molar-refractivity contribution in [3.05, 3.63) is 53.6 Å². The number of hydrogen-bond acceptors (Lipinski definition) is 4. The highest BCUT2D eigenvalue weighted by atomic mass is 16.7. The molecule has 25 heavy (non-hydrogen) atoms. The number of carbonyl (C=O) groups excluding carboxylic acids is 1. The predicted octanol–water partition coefficient (Wildman–Crippen LogP) is 4.25. The monoisotopic (exact) mass is 340 g/mol. The molecular weight excluding hydrogens is 316 g/mol. The van der Waals surface area contributed by atoms with Crippen molar-refractivity contribution in [1.82, 2.24) is 0 Å². The van der Waals surface area contributed by atoms with Crippen molar-refractivity contribution in [2.45, 2.75) is 26.6 Å². The van der Waals surface area contributed by atoms with Crippen molar-refractivity contribution in [1.29, 1.82) is 0 Å². The van der Waals surface area contributed by atoms with Gasteiger partial charge in [-0.25, -0.2) is 0 Å². The fourth-order valence-corrected chi connectivity index (χ4v) is 2.87. The van der Waals surface area contributed by atoms with Crippen LogP contribution in [0.3, 0.4) is 0 Å². The van der Waals surface area contributed by atoms with Crippen LogP contribution in [0.15, 0.2) is 42.5 Å². The Bertz CT molecular complexity index is 741. The first-order valence-corrected chi connectivity index (χ1v) is 8.54. The van der Waals surface area contributed by atoms with Crippen LogP contribution in [0, 0.1) is 12.8 Å². The Balaban J connectivity index is 1.65. The Morgan fingerprint density at radius 1 is 1.16 bits per heavy atom. The lowest BCUT2D eigenvalue weighted by molar-refractivity contribution is -0.264. The maximum Gasteiger partial charge on any atom is 0.162 e. The zero-order valence-corrected chi connectivity index (χ0v) is 15.0. The summed E-state index contributed by atoms with van der Waals surface area (Å²) in [5.41, 5.74) is 3.92. The molecule has 3 rings (SSSR count). The number of aryl methyl sites for hydroxylation is 1. The SMILES string of the molecule is Cc1cc(OCC2COC(C)(C)OC2)ccc1-c1cccc(C=O)c1. The van der Waals surface area contributed by atoms with E-state index in [0.29, 0.717) is 25.4 Å². The molecule has 0 aromatic heterocycles. The topological polar surface area (TPSA) is 44.8 Å². The van der Waals surface area contributed by atoms with E-state index < -0.39 is 5.79 Å². The molecule has 0 atom stereocenters. The maximum atomic E-state index is 11.0. The first-order chi connectivity index (χ1) is 12.0. The lowest BCUT2D eigenvalue weighted by Crippen LogP contribution is -2.41. The fraction of sp³-hybridized carbons (Fsp3) is 0.381. The summed E-state index contributed by atoms with van der Waals surface area (Å²) in [6.07, 6.45) is 0.867. The van der Waals surface area contributed by atoms with Crippen LogP contribution < -0.4 is 4.74 Å². The number of rotatable bonds is 5. The number of carbonyl (C=O) groups is 1. The Kier molecular flexibility index (Phi) is 5.21. The van der Waals surface area contributed by atoms with Crippen molar-refractivity contribution in [3.63, 3.8) is 0 Å². The van der Waals surface area contributed by atoms with Crippen molar-refractivity contribution in [3.8, 4) is 16.9 Å². The number of ether oxygens (including phenoxy) is 3. The summed E-state index contributed by atoms with van der Waals surface area (Å²) in [5.74, 6) is 0.569. The second-order valence-electron chi connectivity index (χ2n) is 6.92. The van der Waals surface area contributed by atoms with Gasteiger partial charge < -0.3 is 14.2 Å². The second-order valence-corrected chi connectivity index (χ2v) is 6.92. The predicted molar refractivity (Wildman–Crippen MR) is 97.0 cm³/mol. The minimum atomic E-state index is -0.495. The van der Waals surface area contributed by atoms with Crippen LogP contribution in [-0.4, -0.2) is 31.9 Å². The molecule has 0 saturated carbocycles. The Hall–Kier alpha value is -2.17. The van der Waals surface area contributed by atoms with E-state index in [1.165, 1.54) is 0 Å². The number of hydrogen-bond donors (Lipinski definition) is 0. The largest absolute Gasteiger partial charge is 0.493 e. The molecule has 132 valence electrons. The van der Waals surface area contributed by atoms with Crippen molar-refractivity contribution in [2.75, 3.05) is 19.8 Å². The van der Waals surface area contributed by atoms with E-state index in [-0.39, 0.29) is 5.92 Å². The van der Waals surface area contributed by atoms with Gasteiger partial charge in [-0.05, 0) is 55.7 Å². The minimum absolute atomic E-state index is 0.234. The standard InChI is InChI=1S/C21H24O4/c1-15-9-19(23-12-17-13-24-21(2,3)25-14-17)7-8-20(15)18-6-4-5-16(10-18)11-22/h4-11,17H,12-14H2,1-3H3. The molecule has 0 amide bonds. The van der Waals surface area contributed by atoms with Gasteiger partial charge in [-0.2, -0.15) is 0 Å². The summed E-state index contributed by atoms with van der Waals surface area (Å²) in [4.78, 5) is 11.0. The normalized spacial score (nSPS) is 17.2. The third-order valence-electron chi connectivity index (χ3n) is 4.35. The van der Waals surface area contributed by atoms with E-state index in [1.807, 2.05) is 57.2 Å². The van der Waals surface area contributed by atoms with E-state index in [1.54, 1.807) is 6.07 Å². The van der Waals surface area contributed by atoms with E-state index in [2.05, 4.69) is 0 Å². The van der Waals surface area contributed by atoms with Gasteiger partial charge in [0, 0.05) is 11.5 Å². The van der Waals surface area contributed by atoms with Gasteiger partial charge in [-0.1, -0.05) is 24.3 Å². The van der Waals surface area contributed by atoms with Gasteiger partial charge in [0.05, 0.1) is 19.8 Å². The summed E-state index contributed by atoms with van der Waals surface area (Å²) in [6, 6.07) is 13.6. The number of aldehydes is 1. The lowest BCUT2D eigenvalue weighted by Gasteiger charge is -2.34. The van der Waals surface area contributed by atoms with E-state index in [4.69, 9.17) is 14.2 Å². The van der Waals surface area contributed by atoms with Gasteiger partial charge in [-0.15, -0.1) is 0 Å². The van der Waals surface area contributed by atoms with Crippen LogP contribution in [0.2, 0.25) is 0 Å². The molecule has 1 aliphatic heterocycles. The smallest absolute Gasteiger partial charge is 0.162 e. The molecule has 4 nitrogen and oxygen atoms in total. The van der Waals surface area contributed by atoms with Gasteiger partial charge in [0.25, 0.3) is 0 Å². The molecule has 4 heteroatoms. The van der Waals surface area contributed by atoms with Crippen LogP contribution in [0.1, 0.15) is 29.8 Å². The highest BCUT2D eigenvalue weighted by molar-refractivity contribution is 5.79. The van der Waals surface area contributed by atoms with Crippen molar-refractivity contribution in [2.24, 2.45) is 5.92 Å². The van der Waals surface area contributed by atoms with Gasteiger partial charge in [0.1, 0.15) is 12.0 Å². The average Bonchev–Trinajstić information content (AvgIpc) is 2.61. The first-order valence-electron chi connectivity index (χ1n) is 8.54. The summed E-state index contributed by atoms with van der Waals surface area (Å²) in [5, 5.41) is 0. The van der Waals surface area contributed by atoms with Crippen LogP contribution >= 0.6 is 0 Å². The molecule has 0 aliphatic carbocycles. The van der Waals surface area contributed by atoms with Gasteiger partial charge in [-0.3, -0.25) is 4.79 Å². The van der Waals surface area contributed by atoms with Crippen molar-refractivity contribution < 1.29 is 19.0 Å². The molecule has 2 aromatic carbocycles. The summed E-state index contributed by atoms with van der Waals surface area (Å²) in [7, 11) is 0. The molecule has 1 fully saturated rings. The molecule has 0 bridgehead atoms. The molecule has 0 N–H and O–H groups in total. The zero-order valence-electron chi connectivity index (χ0n) is 15.0. The summed E-state index contributed by atoms with van der Waals surface area (Å²) >= 11 is 0. The quantitative estimate of drug-likeness (QED) is 0.763. The highest BCUT2D eigenvalue weighted by Crippen LogP contribution is 2.28. The number of benzene rings is 2. The maximum absolute atomic E-state index is 11.0. The second kappa shape index (κ2) is 7.38. The summed E-state index contributed by atoms with van der Waals surface area (Å²) < 4.78 is 17.2. The molecule has 1 aliphatic rings. The average molecular weight is 340 g/mol. The van der Waals surface area contributed by atoms with Crippen LogP contribution in [0.5, 0.6) is 5.75 Å². The Morgan fingerprint density at radius 2 is 1.92 bits per heavy atom. The summed E-state index contributed by atoms with van der Waals surface area (Å²) in [6.45, 7) is 7.74. The van der Waals surface area contributed by atoms with E-state index in [0.717, 1.165) is 28.7 Å². The molecule has 2 aromatic rings. The van der Waals surface area contributed by atoms with Crippen LogP contribution in [0.4, 0.5) is 0 Å². The Labute approximate surface area is 148 Å². The molecule has 0 spiro atoms. The third-order valence-corrected chi connectivity index (χ3v) is 4.35.